The van der Waals surface area contributed by atoms with E-state index in [1.807, 2.05) is 0 Å². The zero-order valence-corrected chi connectivity index (χ0v) is 12.2. The molecular formula is C12H10BrN3O5. The van der Waals surface area contributed by atoms with Crippen molar-refractivity contribution in [3.63, 3.8) is 0 Å². The molecule has 8 nitrogen and oxygen atoms in total. The zero-order chi connectivity index (χ0) is 15.2. The van der Waals surface area contributed by atoms with Crippen molar-refractivity contribution in [1.29, 1.82) is 0 Å². The highest BCUT2D eigenvalue weighted by atomic mass is 79.9. The van der Waals surface area contributed by atoms with Gasteiger partial charge in [-0.25, -0.2) is 9.78 Å². The summed E-state index contributed by atoms with van der Waals surface area (Å²) in [6.07, 6.45) is 1.15. The van der Waals surface area contributed by atoms with Crippen molar-refractivity contribution >= 4 is 33.4 Å². The molecule has 2 aromatic rings. The fourth-order valence-corrected chi connectivity index (χ4v) is 1.72. The first-order valence-electron chi connectivity index (χ1n) is 5.83. The molecule has 0 radical (unpaired) electrons. The molecule has 0 amide bonds. The van der Waals surface area contributed by atoms with E-state index in [2.05, 4.69) is 26.2 Å². The predicted molar refractivity (Wildman–Crippen MR) is 76.1 cm³/mol. The number of anilines is 1. The molecular weight excluding hydrogens is 346 g/mol. The van der Waals surface area contributed by atoms with Gasteiger partial charge in [-0.3, -0.25) is 10.1 Å². The average molecular weight is 356 g/mol. The zero-order valence-electron chi connectivity index (χ0n) is 10.6. The lowest BCUT2D eigenvalue weighted by molar-refractivity contribution is -0.385. The first-order valence-corrected chi connectivity index (χ1v) is 6.62. The summed E-state index contributed by atoms with van der Waals surface area (Å²) >= 11 is 3.09. The topological polar surface area (TPSA) is 108 Å². The number of esters is 1. The van der Waals surface area contributed by atoms with Gasteiger partial charge >= 0.3 is 5.97 Å². The van der Waals surface area contributed by atoms with E-state index >= 15 is 0 Å². The number of aromatic nitrogens is 1. The Hall–Kier alpha value is -2.42. The lowest BCUT2D eigenvalue weighted by Crippen LogP contribution is -2.14. The van der Waals surface area contributed by atoms with Crippen molar-refractivity contribution in [1.82, 2.24) is 4.98 Å². The van der Waals surface area contributed by atoms with Gasteiger partial charge in [-0.05, 0) is 34.1 Å². The number of hydrogen-bond donors (Lipinski definition) is 1. The number of carbonyl (C=O) groups excluding carboxylic acids is 1. The Labute approximate surface area is 127 Å². The van der Waals surface area contributed by atoms with Gasteiger partial charge in [-0.2, -0.15) is 0 Å². The standard InChI is InChI=1S/C12H10BrN3O5/c13-10-3-2-9(21-10)12(17)20-6-5-14-11-4-1-8(7-15-11)16(18)19/h1-4,7H,5-6H2,(H,14,15). The Kier molecular flexibility index (Phi) is 4.88. The van der Waals surface area contributed by atoms with Crippen LogP contribution in [0.1, 0.15) is 10.6 Å². The summed E-state index contributed by atoms with van der Waals surface area (Å²) in [5.41, 5.74) is -0.0876. The van der Waals surface area contributed by atoms with Crippen LogP contribution >= 0.6 is 15.9 Å². The summed E-state index contributed by atoms with van der Waals surface area (Å²) in [4.78, 5) is 25.3. The smallest absolute Gasteiger partial charge is 0.374 e. The second-order valence-electron chi connectivity index (χ2n) is 3.83. The SMILES string of the molecule is O=C(OCCNc1ccc([N+](=O)[O-])cn1)c1ccc(Br)o1. The van der Waals surface area contributed by atoms with E-state index in [1.54, 1.807) is 6.07 Å². The number of nitrogens with zero attached hydrogens (tertiary/aromatic N) is 2. The number of nitrogens with one attached hydrogen (secondary N) is 1. The lowest BCUT2D eigenvalue weighted by Gasteiger charge is -2.05. The van der Waals surface area contributed by atoms with Gasteiger partial charge in [0.2, 0.25) is 5.76 Å². The van der Waals surface area contributed by atoms with E-state index in [-0.39, 0.29) is 18.1 Å². The highest BCUT2D eigenvalue weighted by Crippen LogP contribution is 2.15. The number of rotatable bonds is 6. The molecule has 0 spiro atoms. The molecule has 0 aliphatic carbocycles. The Morgan fingerprint density at radius 2 is 2.24 bits per heavy atom. The monoisotopic (exact) mass is 355 g/mol. The average Bonchev–Trinajstić information content (AvgIpc) is 2.90. The Morgan fingerprint density at radius 1 is 1.43 bits per heavy atom. The van der Waals surface area contributed by atoms with Gasteiger partial charge in [-0.15, -0.1) is 0 Å². The van der Waals surface area contributed by atoms with E-state index in [1.165, 1.54) is 18.2 Å². The van der Waals surface area contributed by atoms with Crippen LogP contribution in [0.25, 0.3) is 0 Å². The molecule has 21 heavy (non-hydrogen) atoms. The van der Waals surface area contributed by atoms with Crippen molar-refractivity contribution in [3.05, 3.63) is 51.0 Å². The molecule has 0 atom stereocenters. The Morgan fingerprint density at radius 3 is 2.81 bits per heavy atom. The highest BCUT2D eigenvalue weighted by molar-refractivity contribution is 9.10. The van der Waals surface area contributed by atoms with Gasteiger partial charge in [0, 0.05) is 6.07 Å². The molecule has 0 aliphatic heterocycles. The van der Waals surface area contributed by atoms with Gasteiger partial charge < -0.3 is 14.5 Å². The van der Waals surface area contributed by atoms with Crippen LogP contribution in [-0.4, -0.2) is 29.0 Å². The van der Waals surface area contributed by atoms with Crippen LogP contribution in [0, 0.1) is 10.1 Å². The fourth-order valence-electron chi connectivity index (χ4n) is 1.42. The largest absolute Gasteiger partial charge is 0.458 e. The molecule has 2 heterocycles. The molecule has 0 saturated carbocycles. The van der Waals surface area contributed by atoms with Crippen molar-refractivity contribution < 1.29 is 18.9 Å². The summed E-state index contributed by atoms with van der Waals surface area (Å²) in [5, 5.41) is 13.3. The van der Waals surface area contributed by atoms with Crippen molar-refractivity contribution in [2.45, 2.75) is 0 Å². The molecule has 110 valence electrons. The fraction of sp³-hybridized carbons (Fsp3) is 0.167. The third kappa shape index (κ3) is 4.28. The van der Waals surface area contributed by atoms with Gasteiger partial charge in [0.1, 0.15) is 18.6 Å². The van der Waals surface area contributed by atoms with Crippen LogP contribution in [0.5, 0.6) is 0 Å². The van der Waals surface area contributed by atoms with Crippen molar-refractivity contribution in [2.75, 3.05) is 18.5 Å². The third-order valence-corrected chi connectivity index (χ3v) is 2.80. The van der Waals surface area contributed by atoms with E-state index in [0.717, 1.165) is 6.20 Å². The molecule has 2 aromatic heterocycles. The second kappa shape index (κ2) is 6.84. The third-order valence-electron chi connectivity index (χ3n) is 2.37. The molecule has 0 saturated heterocycles. The number of ether oxygens (including phenoxy) is 1. The lowest BCUT2D eigenvalue weighted by atomic mass is 10.4. The van der Waals surface area contributed by atoms with Crippen LogP contribution in [0.15, 0.2) is 39.5 Å². The van der Waals surface area contributed by atoms with E-state index in [9.17, 15) is 14.9 Å². The highest BCUT2D eigenvalue weighted by Gasteiger charge is 2.11. The normalized spacial score (nSPS) is 10.1. The molecule has 2 rings (SSSR count). The van der Waals surface area contributed by atoms with Crippen LogP contribution in [-0.2, 0) is 4.74 Å². The molecule has 9 heteroatoms. The quantitative estimate of drug-likeness (QED) is 0.367. The number of furan rings is 1. The maximum Gasteiger partial charge on any atom is 0.374 e. The van der Waals surface area contributed by atoms with Gasteiger partial charge in [0.25, 0.3) is 5.69 Å². The summed E-state index contributed by atoms with van der Waals surface area (Å²) in [6, 6.07) is 5.90. The van der Waals surface area contributed by atoms with Gasteiger partial charge in [0.15, 0.2) is 4.67 Å². The summed E-state index contributed by atoms with van der Waals surface area (Å²) in [7, 11) is 0. The molecule has 1 N–H and O–H groups in total. The van der Waals surface area contributed by atoms with Gasteiger partial charge in [-0.1, -0.05) is 0 Å². The number of halogens is 1. The van der Waals surface area contributed by atoms with Crippen LogP contribution in [0.4, 0.5) is 11.5 Å². The molecule has 0 unspecified atom stereocenters. The van der Waals surface area contributed by atoms with Crippen LogP contribution in [0.2, 0.25) is 0 Å². The van der Waals surface area contributed by atoms with Crippen molar-refractivity contribution in [2.24, 2.45) is 0 Å². The molecule has 0 aromatic carbocycles. The van der Waals surface area contributed by atoms with Crippen molar-refractivity contribution in [3.8, 4) is 0 Å². The first-order chi connectivity index (χ1) is 10.1. The number of nitro groups is 1. The summed E-state index contributed by atoms with van der Waals surface area (Å²) in [6.45, 7) is 0.425. The Balaban J connectivity index is 1.74. The van der Waals surface area contributed by atoms with Crippen LogP contribution in [0.3, 0.4) is 0 Å². The minimum atomic E-state index is -0.570. The molecule has 0 bridgehead atoms. The number of carbonyl (C=O) groups is 1. The number of pyridine rings is 1. The number of hydrogen-bond acceptors (Lipinski definition) is 7. The maximum absolute atomic E-state index is 11.5. The molecule has 0 fully saturated rings. The minimum Gasteiger partial charge on any atom is -0.458 e. The first kappa shape index (κ1) is 15.0. The predicted octanol–water partition coefficient (Wildman–Crippen LogP) is 2.61. The van der Waals surface area contributed by atoms with E-state index < -0.39 is 10.9 Å². The summed E-state index contributed by atoms with van der Waals surface area (Å²) in [5.74, 6) is -0.00751. The van der Waals surface area contributed by atoms with Gasteiger partial charge in [0.05, 0.1) is 11.5 Å². The van der Waals surface area contributed by atoms with E-state index in [0.29, 0.717) is 17.0 Å². The molecule has 0 aliphatic rings. The summed E-state index contributed by atoms with van der Waals surface area (Å²) < 4.78 is 10.5. The maximum atomic E-state index is 11.5. The minimum absolute atomic E-state index is 0.0876. The second-order valence-corrected chi connectivity index (χ2v) is 4.61. The van der Waals surface area contributed by atoms with Crippen LogP contribution < -0.4 is 5.32 Å². The Bertz CT molecular complexity index is 641. The van der Waals surface area contributed by atoms with E-state index in [4.69, 9.17) is 9.15 Å².